The lowest BCUT2D eigenvalue weighted by atomic mass is 9.67. The predicted octanol–water partition coefficient (Wildman–Crippen LogP) is 6.66. The number of amides is 1. The number of aliphatic carboxylic acids is 1. The van der Waals surface area contributed by atoms with Gasteiger partial charge < -0.3 is 10.0 Å². The summed E-state index contributed by atoms with van der Waals surface area (Å²) in [5, 5.41) is 10.2. The Labute approximate surface area is 239 Å². The molecule has 212 valence electrons. The number of carboxylic acids is 1. The van der Waals surface area contributed by atoms with Crippen molar-refractivity contribution in [3.8, 4) is 0 Å². The van der Waals surface area contributed by atoms with E-state index in [1.165, 1.54) is 12.1 Å². The lowest BCUT2D eigenvalue weighted by Gasteiger charge is -2.52. The Morgan fingerprint density at radius 3 is 2.36 bits per heavy atom. The van der Waals surface area contributed by atoms with Gasteiger partial charge in [0.2, 0.25) is 5.91 Å². The van der Waals surface area contributed by atoms with Crippen molar-refractivity contribution in [2.45, 2.75) is 76.1 Å². The first-order valence-electron chi connectivity index (χ1n) is 13.0. The molecule has 4 rings (SSSR count). The van der Waals surface area contributed by atoms with E-state index in [1.54, 1.807) is 56.9 Å². The summed E-state index contributed by atoms with van der Waals surface area (Å²) in [6.07, 6.45) is 1.22. The smallest absolute Gasteiger partial charge is 0.304 e. The van der Waals surface area contributed by atoms with Gasteiger partial charge in [-0.2, -0.15) is 0 Å². The molecular formula is C29H34Cl2FNO5S. The molecule has 1 saturated carbocycles. The number of likely N-dealkylation sites (tertiary alicyclic amines) is 1. The molecule has 10 heteroatoms. The van der Waals surface area contributed by atoms with Crippen molar-refractivity contribution in [2.24, 2.45) is 11.3 Å². The summed E-state index contributed by atoms with van der Waals surface area (Å²) < 4.78 is 40.8. The van der Waals surface area contributed by atoms with E-state index < -0.39 is 62.1 Å². The number of rotatable bonds is 8. The summed E-state index contributed by atoms with van der Waals surface area (Å²) in [6.45, 7) is 6.49. The average Bonchev–Trinajstić information content (AvgIpc) is 3.65. The van der Waals surface area contributed by atoms with Gasteiger partial charge in [0.1, 0.15) is 5.82 Å². The number of carboxylic acid groups (broad SMARTS) is 1. The topological polar surface area (TPSA) is 91.8 Å². The molecule has 1 unspecified atom stereocenters. The Balaban J connectivity index is 1.97. The molecule has 2 aromatic rings. The summed E-state index contributed by atoms with van der Waals surface area (Å²) >= 11 is 12.4. The second kappa shape index (κ2) is 10.7. The van der Waals surface area contributed by atoms with E-state index in [0.29, 0.717) is 10.6 Å². The summed E-state index contributed by atoms with van der Waals surface area (Å²) in [6, 6.07) is 9.99. The van der Waals surface area contributed by atoms with Crippen LogP contribution >= 0.6 is 23.2 Å². The maximum Gasteiger partial charge on any atom is 0.304 e. The van der Waals surface area contributed by atoms with Crippen molar-refractivity contribution in [1.82, 2.24) is 4.90 Å². The quantitative estimate of drug-likeness (QED) is 0.367. The maximum atomic E-state index is 14.8. The molecule has 0 bridgehead atoms. The summed E-state index contributed by atoms with van der Waals surface area (Å²) in [5.74, 6) is -3.05. The molecule has 1 amide bonds. The number of hydrogen-bond acceptors (Lipinski definition) is 4. The van der Waals surface area contributed by atoms with Crippen LogP contribution in [0.2, 0.25) is 10.0 Å². The third kappa shape index (κ3) is 6.13. The monoisotopic (exact) mass is 597 g/mol. The van der Waals surface area contributed by atoms with Crippen molar-refractivity contribution >= 4 is 44.9 Å². The highest BCUT2D eigenvalue weighted by Crippen LogP contribution is 2.54. The van der Waals surface area contributed by atoms with Crippen LogP contribution in [0.15, 0.2) is 42.5 Å². The molecule has 2 fully saturated rings. The molecule has 39 heavy (non-hydrogen) atoms. The standard InChI is InChI=1S/C29H34Cl2FNO5S/c1-28(2,3)39(37,38)16-24(17-8-9-17)33-26(19-10-11-22(31)23(32)13-19)21(18-6-5-7-20(30)12-18)14-29(4,27(33)36)15-25(34)35/h5-7,10-13,17,21,24,26H,8-9,14-16H2,1-4H3,(H,34,35)/t21-,24?,26-,29-/m1/s1. The molecule has 0 aromatic heterocycles. The molecule has 2 aliphatic rings. The molecule has 2 aromatic carbocycles. The number of carbonyl (C=O) groups excluding carboxylic acids is 1. The maximum absolute atomic E-state index is 14.8. The molecular weight excluding hydrogens is 564 g/mol. The first-order valence-corrected chi connectivity index (χ1v) is 15.4. The number of sulfone groups is 1. The van der Waals surface area contributed by atoms with Crippen LogP contribution in [0.3, 0.4) is 0 Å². The summed E-state index contributed by atoms with van der Waals surface area (Å²) in [7, 11) is -3.67. The molecule has 1 aliphatic carbocycles. The molecule has 1 heterocycles. The van der Waals surface area contributed by atoms with Gasteiger partial charge in [-0.1, -0.05) is 48.3 Å². The largest absolute Gasteiger partial charge is 0.481 e. The van der Waals surface area contributed by atoms with Crippen LogP contribution in [0, 0.1) is 17.2 Å². The van der Waals surface area contributed by atoms with Crippen LogP contribution in [-0.4, -0.2) is 46.8 Å². The molecule has 4 atom stereocenters. The molecule has 1 saturated heterocycles. The SMILES string of the molecule is CC(C)(C)S(=O)(=O)CC(C1CC1)N1C(=O)[C@@](C)(CC(=O)O)C[C@H](c2cccc(Cl)c2)[C@H]1c1ccc(Cl)c(F)c1. The van der Waals surface area contributed by atoms with Crippen molar-refractivity contribution in [2.75, 3.05) is 5.75 Å². The minimum atomic E-state index is -3.67. The number of piperidine rings is 1. The third-order valence-electron chi connectivity index (χ3n) is 8.05. The van der Waals surface area contributed by atoms with Gasteiger partial charge >= 0.3 is 5.97 Å². The Hall–Kier alpha value is -2.16. The van der Waals surface area contributed by atoms with Crippen LogP contribution in [0.1, 0.15) is 76.5 Å². The fourth-order valence-corrected chi connectivity index (χ4v) is 7.38. The minimum absolute atomic E-state index is 0.0714. The van der Waals surface area contributed by atoms with E-state index in [1.807, 2.05) is 6.07 Å². The van der Waals surface area contributed by atoms with Crippen LogP contribution < -0.4 is 0 Å². The van der Waals surface area contributed by atoms with E-state index in [2.05, 4.69) is 0 Å². The lowest BCUT2D eigenvalue weighted by Crippen LogP contribution is -2.58. The molecule has 6 nitrogen and oxygen atoms in total. The highest BCUT2D eigenvalue weighted by molar-refractivity contribution is 7.92. The molecule has 1 N–H and O–H groups in total. The first-order chi connectivity index (χ1) is 18.0. The van der Waals surface area contributed by atoms with Gasteiger partial charge in [0.15, 0.2) is 9.84 Å². The number of halogens is 3. The summed E-state index contributed by atoms with van der Waals surface area (Å²) in [4.78, 5) is 27.9. The normalized spacial score (nSPS) is 25.0. The number of nitrogens with zero attached hydrogens (tertiary/aromatic N) is 1. The fourth-order valence-electron chi connectivity index (χ4n) is 5.68. The van der Waals surface area contributed by atoms with Crippen LogP contribution in [0.5, 0.6) is 0 Å². The highest BCUT2D eigenvalue weighted by Gasteiger charge is 2.55. The minimum Gasteiger partial charge on any atom is -0.481 e. The van der Waals surface area contributed by atoms with Gasteiger partial charge in [-0.15, -0.1) is 0 Å². The predicted molar refractivity (Wildman–Crippen MR) is 150 cm³/mol. The zero-order valence-corrected chi connectivity index (χ0v) is 24.8. The summed E-state index contributed by atoms with van der Waals surface area (Å²) in [5.41, 5.74) is -0.101. The van der Waals surface area contributed by atoms with E-state index in [-0.39, 0.29) is 23.1 Å². The number of benzene rings is 2. The third-order valence-corrected chi connectivity index (χ3v) is 11.2. The Kier molecular flexibility index (Phi) is 8.16. The number of hydrogen-bond donors (Lipinski definition) is 1. The van der Waals surface area contributed by atoms with Gasteiger partial charge in [0.05, 0.1) is 33.4 Å². The molecule has 0 radical (unpaired) electrons. The van der Waals surface area contributed by atoms with Crippen molar-refractivity contribution in [3.05, 3.63) is 69.5 Å². The second-order valence-corrected chi connectivity index (χ2v) is 15.8. The van der Waals surface area contributed by atoms with Gasteiger partial charge in [-0.3, -0.25) is 9.59 Å². The van der Waals surface area contributed by atoms with Crippen molar-refractivity contribution in [1.29, 1.82) is 0 Å². The average molecular weight is 599 g/mol. The van der Waals surface area contributed by atoms with Gasteiger partial charge in [0.25, 0.3) is 0 Å². The first kappa shape index (κ1) is 29.8. The van der Waals surface area contributed by atoms with E-state index in [0.717, 1.165) is 18.4 Å². The zero-order chi connectivity index (χ0) is 28.9. The van der Waals surface area contributed by atoms with Crippen LogP contribution in [0.25, 0.3) is 0 Å². The van der Waals surface area contributed by atoms with Gasteiger partial charge in [-0.05, 0) is 81.3 Å². The Morgan fingerprint density at radius 1 is 1.15 bits per heavy atom. The lowest BCUT2D eigenvalue weighted by molar-refractivity contribution is -0.160. The van der Waals surface area contributed by atoms with E-state index in [9.17, 15) is 27.5 Å². The van der Waals surface area contributed by atoms with Crippen LogP contribution in [0.4, 0.5) is 4.39 Å². The zero-order valence-electron chi connectivity index (χ0n) is 22.5. The van der Waals surface area contributed by atoms with Crippen molar-refractivity contribution in [3.63, 3.8) is 0 Å². The van der Waals surface area contributed by atoms with Crippen LogP contribution in [-0.2, 0) is 19.4 Å². The highest BCUT2D eigenvalue weighted by atomic mass is 35.5. The Bertz CT molecular complexity index is 1390. The molecule has 0 spiro atoms. The van der Waals surface area contributed by atoms with E-state index >= 15 is 0 Å². The number of carbonyl (C=O) groups is 2. The Morgan fingerprint density at radius 2 is 1.82 bits per heavy atom. The van der Waals surface area contributed by atoms with Gasteiger partial charge in [-0.25, -0.2) is 12.8 Å². The second-order valence-electron chi connectivity index (χ2n) is 12.1. The van der Waals surface area contributed by atoms with E-state index in [4.69, 9.17) is 23.2 Å². The van der Waals surface area contributed by atoms with Crippen molar-refractivity contribution < 1.29 is 27.5 Å². The molecule has 1 aliphatic heterocycles. The fraction of sp³-hybridized carbons (Fsp3) is 0.517. The van der Waals surface area contributed by atoms with Gasteiger partial charge in [0, 0.05) is 17.0 Å².